The Bertz CT molecular complexity index is 1260. The van der Waals surface area contributed by atoms with Crippen molar-refractivity contribution in [1.82, 2.24) is 5.43 Å². The Hall–Kier alpha value is -4.67. The molecule has 3 aromatic carbocycles. The van der Waals surface area contributed by atoms with Crippen molar-refractivity contribution in [2.75, 3.05) is 12.4 Å². The fraction of sp³-hybridized carbons (Fsp3) is 0.0833. The molecule has 8 nitrogen and oxygen atoms in total. The molecule has 0 unspecified atom stereocenters. The molecule has 0 fully saturated rings. The van der Waals surface area contributed by atoms with E-state index >= 15 is 0 Å². The zero-order valence-corrected chi connectivity index (χ0v) is 18.1. The number of carbonyl (C=O) groups is 3. The molecule has 0 aliphatic carbocycles. The fourth-order valence-corrected chi connectivity index (χ4v) is 2.79. The molecule has 3 aromatic rings. The highest BCUT2D eigenvalue weighted by Gasteiger charge is 2.30. The van der Waals surface area contributed by atoms with Crippen LogP contribution in [0.3, 0.4) is 0 Å². The van der Waals surface area contributed by atoms with Crippen LogP contribution in [0.2, 0.25) is 0 Å². The number of hydrazone groups is 1. The minimum atomic E-state index is -4.52. The first-order valence-electron chi connectivity index (χ1n) is 9.95. The highest BCUT2D eigenvalue weighted by molar-refractivity contribution is 6.39. The number of amides is 2. The van der Waals surface area contributed by atoms with Crippen LogP contribution in [-0.2, 0) is 15.8 Å². The highest BCUT2D eigenvalue weighted by atomic mass is 19.4. The van der Waals surface area contributed by atoms with E-state index in [0.29, 0.717) is 11.3 Å². The van der Waals surface area contributed by atoms with Gasteiger partial charge in [-0.15, -0.1) is 0 Å². The maximum absolute atomic E-state index is 12.6. The summed E-state index contributed by atoms with van der Waals surface area (Å²) in [5, 5.41) is 5.84. The molecule has 0 aliphatic rings. The SMILES string of the molecule is COc1ccccc1C(=O)Oc1ccccc1/C=N/NC(=O)C(=O)Nc1ccc(C(F)(F)F)cc1. The summed E-state index contributed by atoms with van der Waals surface area (Å²) in [5.41, 5.74) is 1.62. The summed E-state index contributed by atoms with van der Waals surface area (Å²) in [6.07, 6.45) is -3.36. The summed E-state index contributed by atoms with van der Waals surface area (Å²) in [6, 6.07) is 16.4. The Morgan fingerprint density at radius 1 is 0.857 bits per heavy atom. The van der Waals surface area contributed by atoms with E-state index in [1.165, 1.54) is 19.2 Å². The third-order valence-corrected chi connectivity index (χ3v) is 4.49. The Morgan fingerprint density at radius 2 is 1.49 bits per heavy atom. The number of esters is 1. The van der Waals surface area contributed by atoms with Crippen LogP contribution in [0.25, 0.3) is 0 Å². The van der Waals surface area contributed by atoms with Crippen LogP contribution in [0.15, 0.2) is 77.9 Å². The maximum Gasteiger partial charge on any atom is 0.416 e. The van der Waals surface area contributed by atoms with Gasteiger partial charge in [-0.05, 0) is 48.5 Å². The van der Waals surface area contributed by atoms with Crippen molar-refractivity contribution in [1.29, 1.82) is 0 Å². The summed E-state index contributed by atoms with van der Waals surface area (Å²) in [4.78, 5) is 36.5. The predicted molar refractivity (Wildman–Crippen MR) is 120 cm³/mol. The molecule has 0 aliphatic heterocycles. The maximum atomic E-state index is 12.6. The van der Waals surface area contributed by atoms with E-state index in [9.17, 15) is 27.6 Å². The van der Waals surface area contributed by atoms with Gasteiger partial charge in [0.2, 0.25) is 0 Å². The van der Waals surface area contributed by atoms with Crippen molar-refractivity contribution in [2.45, 2.75) is 6.18 Å². The zero-order valence-electron chi connectivity index (χ0n) is 18.1. The molecule has 3 rings (SSSR count). The van der Waals surface area contributed by atoms with Crippen LogP contribution >= 0.6 is 0 Å². The molecule has 11 heteroatoms. The molecule has 180 valence electrons. The van der Waals surface area contributed by atoms with Crippen molar-refractivity contribution in [3.63, 3.8) is 0 Å². The number of para-hydroxylation sites is 2. The number of hydrogen-bond acceptors (Lipinski definition) is 6. The standard InChI is InChI=1S/C24H18F3N3O5/c1-34-20-9-5-3-7-18(20)23(33)35-19-8-4-2-6-15(19)14-28-30-22(32)21(31)29-17-12-10-16(11-13-17)24(25,26)27/h2-14H,1H3,(H,29,31)(H,30,32)/b28-14+. The van der Waals surface area contributed by atoms with Crippen molar-refractivity contribution >= 4 is 29.7 Å². The van der Waals surface area contributed by atoms with Gasteiger partial charge in [-0.2, -0.15) is 18.3 Å². The molecule has 0 saturated carbocycles. The molecule has 35 heavy (non-hydrogen) atoms. The molecule has 0 heterocycles. The average molecular weight is 485 g/mol. The molecule has 0 aromatic heterocycles. The molecule has 0 bridgehead atoms. The molecule has 2 amide bonds. The van der Waals surface area contributed by atoms with Crippen LogP contribution < -0.4 is 20.2 Å². The highest BCUT2D eigenvalue weighted by Crippen LogP contribution is 2.29. The summed E-state index contributed by atoms with van der Waals surface area (Å²) in [6.45, 7) is 0. The van der Waals surface area contributed by atoms with Crippen molar-refractivity contribution < 1.29 is 37.0 Å². The second kappa shape index (κ2) is 11.0. The topological polar surface area (TPSA) is 106 Å². The minimum absolute atomic E-state index is 0.00396. The van der Waals surface area contributed by atoms with Crippen LogP contribution in [0.5, 0.6) is 11.5 Å². The molecule has 0 atom stereocenters. The monoisotopic (exact) mass is 485 g/mol. The van der Waals surface area contributed by atoms with E-state index in [4.69, 9.17) is 9.47 Å². The van der Waals surface area contributed by atoms with Crippen molar-refractivity contribution in [3.05, 3.63) is 89.5 Å². The van der Waals surface area contributed by atoms with Gasteiger partial charge in [0.15, 0.2) is 0 Å². The third-order valence-electron chi connectivity index (χ3n) is 4.49. The first-order valence-corrected chi connectivity index (χ1v) is 9.95. The van der Waals surface area contributed by atoms with Gasteiger partial charge < -0.3 is 14.8 Å². The largest absolute Gasteiger partial charge is 0.496 e. The molecule has 0 spiro atoms. The lowest BCUT2D eigenvalue weighted by Gasteiger charge is -2.10. The molecule has 0 radical (unpaired) electrons. The van der Waals surface area contributed by atoms with Crippen LogP contribution in [0, 0.1) is 0 Å². The van der Waals surface area contributed by atoms with Gasteiger partial charge in [0.1, 0.15) is 17.1 Å². The number of halogens is 3. The quantitative estimate of drug-likeness (QED) is 0.180. The number of hydrogen-bond donors (Lipinski definition) is 2. The van der Waals surface area contributed by atoms with E-state index in [1.807, 2.05) is 5.43 Å². The van der Waals surface area contributed by atoms with Crippen molar-refractivity contribution in [2.24, 2.45) is 5.10 Å². The number of benzene rings is 3. The molecule has 2 N–H and O–H groups in total. The number of alkyl halides is 3. The molecule has 0 saturated heterocycles. The third kappa shape index (κ3) is 6.67. The van der Waals surface area contributed by atoms with E-state index in [2.05, 4.69) is 10.4 Å². The number of ether oxygens (including phenoxy) is 2. The van der Waals surface area contributed by atoms with Crippen molar-refractivity contribution in [3.8, 4) is 11.5 Å². The first-order chi connectivity index (χ1) is 16.7. The Kier molecular flexibility index (Phi) is 7.82. The van der Waals surface area contributed by atoms with Crippen LogP contribution in [0.1, 0.15) is 21.5 Å². The minimum Gasteiger partial charge on any atom is -0.496 e. The van der Waals surface area contributed by atoms with E-state index in [0.717, 1.165) is 30.5 Å². The fourth-order valence-electron chi connectivity index (χ4n) is 2.79. The number of carbonyl (C=O) groups excluding carboxylic acids is 3. The molecular formula is C24H18F3N3O5. The summed E-state index contributed by atoms with van der Waals surface area (Å²) < 4.78 is 48.4. The number of methoxy groups -OCH3 is 1. The average Bonchev–Trinajstić information content (AvgIpc) is 2.84. The zero-order chi connectivity index (χ0) is 25.4. The Morgan fingerprint density at radius 3 is 2.14 bits per heavy atom. The normalized spacial score (nSPS) is 11.1. The number of anilines is 1. The van der Waals surface area contributed by atoms with E-state index in [1.54, 1.807) is 36.4 Å². The number of rotatable bonds is 6. The Balaban J connectivity index is 1.62. The van der Waals surface area contributed by atoms with Gasteiger partial charge in [0.05, 0.1) is 18.9 Å². The number of nitrogens with zero attached hydrogens (tertiary/aromatic N) is 1. The molecular weight excluding hydrogens is 467 g/mol. The smallest absolute Gasteiger partial charge is 0.416 e. The van der Waals surface area contributed by atoms with Gasteiger partial charge in [0, 0.05) is 11.3 Å². The van der Waals surface area contributed by atoms with Crippen LogP contribution in [-0.4, -0.2) is 31.1 Å². The van der Waals surface area contributed by atoms with Gasteiger partial charge in [-0.1, -0.05) is 24.3 Å². The first kappa shape index (κ1) is 25.0. The lowest BCUT2D eigenvalue weighted by atomic mass is 10.2. The van der Waals surface area contributed by atoms with E-state index < -0.39 is 29.5 Å². The second-order valence-electron chi connectivity index (χ2n) is 6.86. The Labute approximate surface area is 197 Å². The van der Waals surface area contributed by atoms with Crippen LogP contribution in [0.4, 0.5) is 18.9 Å². The number of nitrogens with one attached hydrogen (secondary N) is 2. The van der Waals surface area contributed by atoms with Gasteiger partial charge in [0.25, 0.3) is 0 Å². The van der Waals surface area contributed by atoms with Gasteiger partial charge in [-0.3, -0.25) is 9.59 Å². The summed E-state index contributed by atoms with van der Waals surface area (Å²) >= 11 is 0. The summed E-state index contributed by atoms with van der Waals surface area (Å²) in [7, 11) is 1.42. The predicted octanol–water partition coefficient (Wildman–Crippen LogP) is 4.02. The second-order valence-corrected chi connectivity index (χ2v) is 6.86. The van der Waals surface area contributed by atoms with Gasteiger partial charge >= 0.3 is 24.0 Å². The lowest BCUT2D eigenvalue weighted by Crippen LogP contribution is -2.32. The van der Waals surface area contributed by atoms with Gasteiger partial charge in [-0.25, -0.2) is 10.2 Å². The lowest BCUT2D eigenvalue weighted by molar-refractivity contribution is -0.137. The summed E-state index contributed by atoms with van der Waals surface area (Å²) in [5.74, 6) is -2.52. The van der Waals surface area contributed by atoms with E-state index in [-0.39, 0.29) is 17.0 Å².